The monoisotopic (exact) mass is 377 g/mol. The average Bonchev–Trinajstić information content (AvgIpc) is 3.38. The van der Waals surface area contributed by atoms with Crippen molar-refractivity contribution >= 4 is 5.91 Å². The highest BCUT2D eigenvalue weighted by molar-refractivity contribution is 5.91. The third-order valence-corrected chi connectivity index (χ3v) is 5.30. The number of aryl methyl sites for hydroxylation is 1. The number of ether oxygens (including phenoxy) is 1. The van der Waals surface area contributed by atoms with Crippen LogP contribution < -0.4 is 10.1 Å². The summed E-state index contributed by atoms with van der Waals surface area (Å²) >= 11 is 0. The average molecular weight is 377 g/mol. The van der Waals surface area contributed by atoms with Gasteiger partial charge in [0.2, 0.25) is 17.6 Å². The Balaban J connectivity index is 1.46. The minimum absolute atomic E-state index is 0.0137. The molecule has 1 aromatic heterocycles. The molecule has 0 unspecified atom stereocenters. The summed E-state index contributed by atoms with van der Waals surface area (Å²) in [6, 6.07) is 15.2. The number of nitrogens with one attached hydrogen (secondary N) is 1. The Kier molecular flexibility index (Phi) is 4.63. The van der Waals surface area contributed by atoms with E-state index in [0.717, 1.165) is 29.7 Å². The van der Waals surface area contributed by atoms with Gasteiger partial charge in [0.15, 0.2) is 0 Å². The number of methoxy groups -OCH3 is 1. The molecule has 1 atom stereocenters. The lowest BCUT2D eigenvalue weighted by Gasteiger charge is -2.18. The van der Waals surface area contributed by atoms with Crippen molar-refractivity contribution in [3.63, 3.8) is 0 Å². The molecule has 1 aliphatic rings. The molecule has 1 fully saturated rings. The molecule has 2 aromatic carbocycles. The van der Waals surface area contributed by atoms with Gasteiger partial charge in [0, 0.05) is 5.56 Å². The first-order valence-electron chi connectivity index (χ1n) is 9.38. The summed E-state index contributed by atoms with van der Waals surface area (Å²) in [5, 5.41) is 7.08. The number of amides is 1. The molecule has 0 radical (unpaired) electrons. The van der Waals surface area contributed by atoms with Crippen LogP contribution in [0.2, 0.25) is 0 Å². The van der Waals surface area contributed by atoms with Crippen molar-refractivity contribution in [3.05, 3.63) is 65.5 Å². The van der Waals surface area contributed by atoms with Crippen LogP contribution in [0.3, 0.4) is 0 Å². The second kappa shape index (κ2) is 7.11. The van der Waals surface area contributed by atoms with Crippen molar-refractivity contribution < 1.29 is 14.1 Å². The zero-order chi connectivity index (χ0) is 19.7. The van der Waals surface area contributed by atoms with Crippen LogP contribution in [0.4, 0.5) is 0 Å². The van der Waals surface area contributed by atoms with Gasteiger partial charge in [-0.05, 0) is 44.4 Å². The Morgan fingerprint density at radius 2 is 1.82 bits per heavy atom. The molecule has 3 aromatic rings. The van der Waals surface area contributed by atoms with Crippen LogP contribution in [0.25, 0.3) is 11.4 Å². The van der Waals surface area contributed by atoms with Gasteiger partial charge in [0.1, 0.15) is 11.8 Å². The molecule has 1 saturated carbocycles. The summed E-state index contributed by atoms with van der Waals surface area (Å²) in [4.78, 5) is 17.4. The minimum Gasteiger partial charge on any atom is -0.497 e. The van der Waals surface area contributed by atoms with Crippen LogP contribution in [-0.4, -0.2) is 23.2 Å². The molecular weight excluding hydrogens is 354 g/mol. The van der Waals surface area contributed by atoms with Gasteiger partial charge in [-0.15, -0.1) is 0 Å². The molecule has 0 saturated heterocycles. The first-order valence-corrected chi connectivity index (χ1v) is 9.38. The lowest BCUT2D eigenvalue weighted by molar-refractivity contribution is -0.124. The van der Waals surface area contributed by atoms with Gasteiger partial charge in [-0.2, -0.15) is 4.98 Å². The lowest BCUT2D eigenvalue weighted by atomic mass is 9.94. The molecule has 1 N–H and O–H groups in total. The molecule has 6 heteroatoms. The summed E-state index contributed by atoms with van der Waals surface area (Å²) < 4.78 is 10.6. The van der Waals surface area contributed by atoms with E-state index >= 15 is 0 Å². The van der Waals surface area contributed by atoms with Crippen LogP contribution in [0.5, 0.6) is 5.75 Å². The van der Waals surface area contributed by atoms with E-state index in [1.54, 1.807) is 7.11 Å². The molecule has 4 rings (SSSR count). The predicted octanol–water partition coefficient (Wildman–Crippen LogP) is 3.96. The van der Waals surface area contributed by atoms with E-state index in [0.29, 0.717) is 11.7 Å². The highest BCUT2D eigenvalue weighted by Crippen LogP contribution is 2.49. The fraction of sp³-hybridized carbons (Fsp3) is 0.318. The summed E-state index contributed by atoms with van der Waals surface area (Å²) in [5.41, 5.74) is 2.58. The molecule has 28 heavy (non-hydrogen) atoms. The van der Waals surface area contributed by atoms with Gasteiger partial charge in [-0.3, -0.25) is 4.79 Å². The lowest BCUT2D eigenvalue weighted by Crippen LogP contribution is -2.36. The van der Waals surface area contributed by atoms with Gasteiger partial charge in [0.05, 0.1) is 12.5 Å². The fourth-order valence-corrected chi connectivity index (χ4v) is 3.31. The van der Waals surface area contributed by atoms with Crippen LogP contribution in [0, 0.1) is 6.92 Å². The van der Waals surface area contributed by atoms with E-state index in [1.165, 1.54) is 5.56 Å². The Morgan fingerprint density at radius 3 is 2.43 bits per heavy atom. The van der Waals surface area contributed by atoms with E-state index in [9.17, 15) is 4.79 Å². The van der Waals surface area contributed by atoms with Crippen LogP contribution in [-0.2, 0) is 10.2 Å². The van der Waals surface area contributed by atoms with Crippen molar-refractivity contribution in [1.29, 1.82) is 0 Å². The normalized spacial score (nSPS) is 15.7. The van der Waals surface area contributed by atoms with Crippen molar-refractivity contribution in [3.8, 4) is 17.1 Å². The summed E-state index contributed by atoms with van der Waals surface area (Å²) in [6.07, 6.45) is 1.66. The largest absolute Gasteiger partial charge is 0.497 e. The number of carbonyl (C=O) groups is 1. The first-order chi connectivity index (χ1) is 13.5. The zero-order valence-corrected chi connectivity index (χ0v) is 16.2. The summed E-state index contributed by atoms with van der Waals surface area (Å²) in [7, 11) is 1.63. The Labute approximate surface area is 163 Å². The number of hydrogen-bond donors (Lipinski definition) is 1. The second-order valence-corrected chi connectivity index (χ2v) is 7.33. The van der Waals surface area contributed by atoms with Crippen LogP contribution in [0.15, 0.2) is 53.1 Å². The van der Waals surface area contributed by atoms with Crippen molar-refractivity contribution in [2.75, 3.05) is 7.11 Å². The minimum atomic E-state index is -0.472. The third-order valence-electron chi connectivity index (χ3n) is 5.30. The number of nitrogens with zero attached hydrogens (tertiary/aromatic N) is 2. The molecular formula is C22H23N3O3. The van der Waals surface area contributed by atoms with Crippen molar-refractivity contribution in [2.24, 2.45) is 0 Å². The standard InChI is InChI=1S/C22H23N3O3/c1-14-4-6-16(7-5-14)19-24-20(28-25-19)15(2)23-21(26)22(12-13-22)17-8-10-18(27-3)11-9-17/h4-11,15H,12-13H2,1-3H3,(H,23,26)/t15-/m0/s1. The van der Waals surface area contributed by atoms with Gasteiger partial charge in [0.25, 0.3) is 0 Å². The number of aromatic nitrogens is 2. The summed E-state index contributed by atoms with van der Waals surface area (Å²) in [5.74, 6) is 1.69. The molecule has 0 spiro atoms. The van der Waals surface area contributed by atoms with E-state index in [2.05, 4.69) is 15.5 Å². The van der Waals surface area contributed by atoms with Gasteiger partial charge in [-0.25, -0.2) is 0 Å². The van der Waals surface area contributed by atoms with Gasteiger partial charge in [-0.1, -0.05) is 47.1 Å². The van der Waals surface area contributed by atoms with E-state index < -0.39 is 5.41 Å². The Bertz CT molecular complexity index is 973. The number of rotatable bonds is 6. The first kappa shape index (κ1) is 18.2. The maximum absolute atomic E-state index is 12.9. The smallest absolute Gasteiger partial charge is 0.249 e. The van der Waals surface area contributed by atoms with Gasteiger partial charge < -0.3 is 14.6 Å². The quantitative estimate of drug-likeness (QED) is 0.703. The molecule has 144 valence electrons. The van der Waals surface area contributed by atoms with E-state index in [-0.39, 0.29) is 11.9 Å². The second-order valence-electron chi connectivity index (χ2n) is 7.33. The number of benzene rings is 2. The SMILES string of the molecule is COc1ccc(C2(C(=O)N[C@@H](C)c3nc(-c4ccc(C)cc4)no3)CC2)cc1. The topological polar surface area (TPSA) is 77.2 Å². The zero-order valence-electron chi connectivity index (χ0n) is 16.2. The molecule has 1 heterocycles. The molecule has 1 amide bonds. The summed E-state index contributed by atoms with van der Waals surface area (Å²) in [6.45, 7) is 3.88. The molecule has 6 nitrogen and oxygen atoms in total. The molecule has 1 aliphatic carbocycles. The van der Waals surface area contributed by atoms with E-state index in [1.807, 2.05) is 62.4 Å². The number of hydrogen-bond acceptors (Lipinski definition) is 5. The highest BCUT2D eigenvalue weighted by Gasteiger charge is 2.51. The third kappa shape index (κ3) is 3.38. The Hall–Kier alpha value is -3.15. The van der Waals surface area contributed by atoms with Crippen molar-refractivity contribution in [2.45, 2.75) is 38.1 Å². The predicted molar refractivity (Wildman–Crippen MR) is 105 cm³/mol. The van der Waals surface area contributed by atoms with Crippen LogP contribution >= 0.6 is 0 Å². The number of carbonyl (C=O) groups excluding carboxylic acids is 1. The van der Waals surface area contributed by atoms with Crippen LogP contribution in [0.1, 0.15) is 42.8 Å². The maximum atomic E-state index is 12.9. The molecule has 0 aliphatic heterocycles. The van der Waals surface area contributed by atoms with E-state index in [4.69, 9.17) is 9.26 Å². The van der Waals surface area contributed by atoms with Gasteiger partial charge >= 0.3 is 0 Å². The molecule has 0 bridgehead atoms. The maximum Gasteiger partial charge on any atom is 0.249 e. The fourth-order valence-electron chi connectivity index (χ4n) is 3.31. The van der Waals surface area contributed by atoms with Crippen molar-refractivity contribution in [1.82, 2.24) is 15.5 Å². The Morgan fingerprint density at radius 1 is 1.14 bits per heavy atom. The highest BCUT2D eigenvalue weighted by atomic mass is 16.5.